The average Bonchev–Trinajstić information content (AvgIpc) is 2.56. The lowest BCUT2D eigenvalue weighted by Crippen LogP contribution is -2.46. The molecule has 1 rings (SSSR count). The lowest BCUT2D eigenvalue weighted by Gasteiger charge is -2.31. The highest BCUT2D eigenvalue weighted by Crippen LogP contribution is 2.18. The zero-order valence-corrected chi connectivity index (χ0v) is 20.1. The Morgan fingerprint density at radius 3 is 2.22 bits per heavy atom. The van der Waals surface area contributed by atoms with Gasteiger partial charge in [-0.3, -0.25) is 9.89 Å². The molecule has 0 saturated carbocycles. The SMILES string of the molecule is CN=C(NCCN(C(C)C)C(C)C)NCC(c1cccc(F)c1)N(C)C.I. The number of likely N-dealkylation sites (N-methyl/N-ethyl adjacent to an activating group) is 1. The predicted molar refractivity (Wildman–Crippen MR) is 125 cm³/mol. The van der Waals surface area contributed by atoms with E-state index in [1.807, 2.05) is 20.2 Å². The third-order valence-corrected chi connectivity index (χ3v) is 4.53. The molecule has 2 N–H and O–H groups in total. The molecule has 0 aliphatic rings. The van der Waals surface area contributed by atoms with E-state index in [1.54, 1.807) is 19.2 Å². The fourth-order valence-corrected chi connectivity index (χ4v) is 3.14. The first-order chi connectivity index (χ1) is 12.3. The number of hydrogen-bond donors (Lipinski definition) is 2. The second-order valence-electron chi connectivity index (χ2n) is 7.34. The first-order valence-corrected chi connectivity index (χ1v) is 9.38. The van der Waals surface area contributed by atoms with Crippen LogP contribution >= 0.6 is 24.0 Å². The maximum Gasteiger partial charge on any atom is 0.191 e. The van der Waals surface area contributed by atoms with Gasteiger partial charge in [-0.05, 0) is 59.5 Å². The Kier molecular flexibility index (Phi) is 12.8. The standard InChI is InChI=1S/C20H36FN5.HI/c1-15(2)26(16(3)4)12-11-23-20(22-5)24-14-19(25(6)7)17-9-8-10-18(21)13-17;/h8-10,13,15-16,19H,11-12,14H2,1-7H3,(H2,22,23,24);1H. The summed E-state index contributed by atoms with van der Waals surface area (Å²) >= 11 is 0. The molecule has 0 heterocycles. The molecule has 0 bridgehead atoms. The first-order valence-electron chi connectivity index (χ1n) is 9.38. The molecule has 5 nitrogen and oxygen atoms in total. The summed E-state index contributed by atoms with van der Waals surface area (Å²) in [6.45, 7) is 11.3. The monoisotopic (exact) mass is 493 g/mol. The molecular weight excluding hydrogens is 456 g/mol. The van der Waals surface area contributed by atoms with Gasteiger partial charge in [0.25, 0.3) is 0 Å². The number of aliphatic imine (C=N–C) groups is 1. The summed E-state index contributed by atoms with van der Waals surface area (Å²) < 4.78 is 13.5. The number of nitrogens with one attached hydrogen (secondary N) is 2. The molecule has 0 aromatic heterocycles. The van der Waals surface area contributed by atoms with E-state index >= 15 is 0 Å². The van der Waals surface area contributed by atoms with Crippen molar-refractivity contribution >= 4 is 29.9 Å². The highest BCUT2D eigenvalue weighted by molar-refractivity contribution is 14.0. The highest BCUT2D eigenvalue weighted by atomic mass is 127. The summed E-state index contributed by atoms with van der Waals surface area (Å²) in [6, 6.07) is 7.85. The molecule has 1 atom stereocenters. The number of hydrogen-bond acceptors (Lipinski definition) is 3. The van der Waals surface area contributed by atoms with Crippen molar-refractivity contribution < 1.29 is 4.39 Å². The van der Waals surface area contributed by atoms with E-state index in [1.165, 1.54) is 6.07 Å². The van der Waals surface area contributed by atoms with E-state index in [0.29, 0.717) is 18.6 Å². The van der Waals surface area contributed by atoms with Gasteiger partial charge in [0.05, 0.1) is 6.04 Å². The zero-order valence-electron chi connectivity index (χ0n) is 17.8. The fraction of sp³-hybridized carbons (Fsp3) is 0.650. The summed E-state index contributed by atoms with van der Waals surface area (Å²) in [5.74, 6) is 0.556. The highest BCUT2D eigenvalue weighted by Gasteiger charge is 2.16. The molecule has 1 aromatic carbocycles. The lowest BCUT2D eigenvalue weighted by atomic mass is 10.1. The summed E-state index contributed by atoms with van der Waals surface area (Å²) in [5.41, 5.74) is 0.948. The average molecular weight is 493 g/mol. The lowest BCUT2D eigenvalue weighted by molar-refractivity contribution is 0.178. The van der Waals surface area contributed by atoms with Gasteiger partial charge < -0.3 is 15.5 Å². The van der Waals surface area contributed by atoms with Crippen LogP contribution in [0, 0.1) is 5.82 Å². The van der Waals surface area contributed by atoms with E-state index in [2.05, 4.69) is 53.1 Å². The van der Waals surface area contributed by atoms with Crippen LogP contribution < -0.4 is 10.6 Å². The molecule has 1 aromatic rings. The van der Waals surface area contributed by atoms with Crippen molar-refractivity contribution in [1.29, 1.82) is 0 Å². The second kappa shape index (κ2) is 13.3. The van der Waals surface area contributed by atoms with Crippen molar-refractivity contribution in [2.45, 2.75) is 45.8 Å². The van der Waals surface area contributed by atoms with Crippen molar-refractivity contribution in [3.05, 3.63) is 35.6 Å². The molecule has 0 amide bonds. The van der Waals surface area contributed by atoms with Crippen LogP contribution in [0.2, 0.25) is 0 Å². The van der Waals surface area contributed by atoms with Gasteiger partial charge in [0.15, 0.2) is 5.96 Å². The van der Waals surface area contributed by atoms with Crippen molar-refractivity contribution in [3.63, 3.8) is 0 Å². The van der Waals surface area contributed by atoms with Gasteiger partial charge in [0, 0.05) is 38.8 Å². The Labute approximate surface area is 181 Å². The van der Waals surface area contributed by atoms with Gasteiger partial charge in [-0.2, -0.15) is 0 Å². The minimum Gasteiger partial charge on any atom is -0.355 e. The third-order valence-electron chi connectivity index (χ3n) is 4.53. The van der Waals surface area contributed by atoms with Crippen LogP contribution in [0.3, 0.4) is 0 Å². The number of nitrogens with zero attached hydrogens (tertiary/aromatic N) is 3. The molecule has 27 heavy (non-hydrogen) atoms. The molecule has 0 spiro atoms. The van der Waals surface area contributed by atoms with E-state index in [9.17, 15) is 4.39 Å². The van der Waals surface area contributed by atoms with Gasteiger partial charge in [-0.1, -0.05) is 12.1 Å². The number of benzene rings is 1. The Morgan fingerprint density at radius 2 is 1.74 bits per heavy atom. The Balaban J connectivity index is 0.00000676. The largest absolute Gasteiger partial charge is 0.355 e. The van der Waals surface area contributed by atoms with Crippen LogP contribution in [-0.4, -0.2) is 68.6 Å². The Hall–Kier alpha value is -0.930. The van der Waals surface area contributed by atoms with Gasteiger partial charge in [0.1, 0.15) is 5.82 Å². The minimum absolute atomic E-state index is 0. The van der Waals surface area contributed by atoms with Crippen molar-refractivity contribution in [2.24, 2.45) is 4.99 Å². The normalized spacial score (nSPS) is 13.3. The van der Waals surface area contributed by atoms with Crippen LogP contribution in [0.5, 0.6) is 0 Å². The van der Waals surface area contributed by atoms with E-state index in [-0.39, 0.29) is 35.8 Å². The number of halogens is 2. The Morgan fingerprint density at radius 1 is 1.11 bits per heavy atom. The van der Waals surface area contributed by atoms with Crippen LogP contribution in [-0.2, 0) is 0 Å². The van der Waals surface area contributed by atoms with Crippen molar-refractivity contribution in [1.82, 2.24) is 20.4 Å². The van der Waals surface area contributed by atoms with Gasteiger partial charge in [0.2, 0.25) is 0 Å². The van der Waals surface area contributed by atoms with Crippen LogP contribution in [0.25, 0.3) is 0 Å². The van der Waals surface area contributed by atoms with Crippen molar-refractivity contribution in [2.75, 3.05) is 40.8 Å². The van der Waals surface area contributed by atoms with Crippen LogP contribution in [0.4, 0.5) is 4.39 Å². The van der Waals surface area contributed by atoms with E-state index in [4.69, 9.17) is 0 Å². The Bertz CT molecular complexity index is 555. The maximum absolute atomic E-state index is 13.5. The van der Waals surface area contributed by atoms with Gasteiger partial charge in [-0.15, -0.1) is 24.0 Å². The molecule has 0 aliphatic carbocycles. The number of guanidine groups is 1. The second-order valence-corrected chi connectivity index (χ2v) is 7.34. The minimum atomic E-state index is -0.209. The smallest absolute Gasteiger partial charge is 0.191 e. The molecule has 0 saturated heterocycles. The summed E-state index contributed by atoms with van der Waals surface area (Å²) in [6.07, 6.45) is 0. The topological polar surface area (TPSA) is 42.9 Å². The third kappa shape index (κ3) is 9.21. The maximum atomic E-state index is 13.5. The molecule has 7 heteroatoms. The molecule has 0 radical (unpaired) electrons. The molecule has 156 valence electrons. The van der Waals surface area contributed by atoms with E-state index < -0.39 is 0 Å². The first kappa shape index (κ1) is 26.1. The molecule has 0 aliphatic heterocycles. The quantitative estimate of drug-likeness (QED) is 0.315. The summed E-state index contributed by atoms with van der Waals surface area (Å²) in [5, 5.41) is 6.73. The summed E-state index contributed by atoms with van der Waals surface area (Å²) in [7, 11) is 5.76. The van der Waals surface area contributed by atoms with Crippen molar-refractivity contribution in [3.8, 4) is 0 Å². The summed E-state index contributed by atoms with van der Waals surface area (Å²) in [4.78, 5) is 8.82. The molecular formula is C20H37FIN5. The number of rotatable bonds is 9. The van der Waals surface area contributed by atoms with Crippen LogP contribution in [0.1, 0.15) is 39.3 Å². The van der Waals surface area contributed by atoms with Gasteiger partial charge in [-0.25, -0.2) is 4.39 Å². The molecule has 1 unspecified atom stereocenters. The van der Waals surface area contributed by atoms with Crippen LogP contribution in [0.15, 0.2) is 29.3 Å². The predicted octanol–water partition coefficient (Wildman–Crippen LogP) is 3.33. The van der Waals surface area contributed by atoms with E-state index in [0.717, 1.165) is 24.6 Å². The van der Waals surface area contributed by atoms with Gasteiger partial charge >= 0.3 is 0 Å². The zero-order chi connectivity index (χ0) is 19.7. The fourth-order valence-electron chi connectivity index (χ4n) is 3.14. The molecule has 0 fully saturated rings.